The molecule has 0 radical (unpaired) electrons. The van der Waals surface area contributed by atoms with E-state index in [0.717, 1.165) is 36.9 Å². The van der Waals surface area contributed by atoms with Crippen LogP contribution in [0.1, 0.15) is 22.5 Å². The molecule has 1 amide bonds. The smallest absolute Gasteiger partial charge is 0.260 e. The average Bonchev–Trinajstić information content (AvgIpc) is 3.29. The van der Waals surface area contributed by atoms with Crippen molar-refractivity contribution in [3.8, 4) is 11.5 Å². The number of anilines is 2. The molecule has 0 atom stereocenters. The molecule has 1 aliphatic heterocycles. The van der Waals surface area contributed by atoms with Crippen LogP contribution >= 0.6 is 11.3 Å². The minimum Gasteiger partial charge on any atom is -0.454 e. The number of fused-ring (bicyclic) bond motifs is 2. The Balaban J connectivity index is 1.73. The van der Waals surface area contributed by atoms with Crippen molar-refractivity contribution in [2.24, 2.45) is 11.5 Å². The zero-order valence-corrected chi connectivity index (χ0v) is 16.4. The van der Waals surface area contributed by atoms with Crippen LogP contribution < -0.4 is 22.1 Å². The van der Waals surface area contributed by atoms with Crippen LogP contribution in [0.3, 0.4) is 0 Å². The summed E-state index contributed by atoms with van der Waals surface area (Å²) < 4.78 is 6.05. The van der Waals surface area contributed by atoms with E-state index in [1.165, 1.54) is 11.3 Å². The first-order valence-corrected chi connectivity index (χ1v) is 10.2. The summed E-state index contributed by atoms with van der Waals surface area (Å²) >= 11 is 1.18. The molecule has 0 spiro atoms. The number of primary amides is 1. The molecule has 3 aromatic heterocycles. The molecule has 1 fully saturated rings. The van der Waals surface area contributed by atoms with Crippen LogP contribution in [-0.4, -0.2) is 35.0 Å². The summed E-state index contributed by atoms with van der Waals surface area (Å²) in [6.45, 7) is 1.55. The molecule has 9 heteroatoms. The maximum absolute atomic E-state index is 11.9. The van der Waals surface area contributed by atoms with Gasteiger partial charge in [0.05, 0.1) is 11.1 Å². The van der Waals surface area contributed by atoms with Crippen molar-refractivity contribution in [1.29, 1.82) is 0 Å². The van der Waals surface area contributed by atoms with E-state index in [0.29, 0.717) is 33.3 Å². The molecule has 6 N–H and O–H groups in total. The second-order valence-corrected chi connectivity index (χ2v) is 8.23. The zero-order valence-electron chi connectivity index (χ0n) is 15.6. The summed E-state index contributed by atoms with van der Waals surface area (Å²) in [6, 6.07) is 9.86. The van der Waals surface area contributed by atoms with E-state index in [-0.39, 0.29) is 10.9 Å². The molecule has 1 aromatic carbocycles. The van der Waals surface area contributed by atoms with Crippen LogP contribution in [0.5, 0.6) is 0 Å². The van der Waals surface area contributed by atoms with Crippen LogP contribution in [0.25, 0.3) is 32.6 Å². The maximum Gasteiger partial charge on any atom is 0.260 e. The highest BCUT2D eigenvalue weighted by Gasteiger charge is 2.25. The third kappa shape index (κ3) is 2.99. The molecule has 0 aliphatic carbocycles. The van der Waals surface area contributed by atoms with Crippen molar-refractivity contribution < 1.29 is 9.21 Å². The Morgan fingerprint density at radius 3 is 2.69 bits per heavy atom. The highest BCUT2D eigenvalue weighted by atomic mass is 32.1. The largest absolute Gasteiger partial charge is 0.454 e. The third-order valence-corrected chi connectivity index (χ3v) is 6.40. The Hall–Kier alpha value is -3.17. The highest BCUT2D eigenvalue weighted by molar-refractivity contribution is 7.21. The number of furan rings is 1. The van der Waals surface area contributed by atoms with Gasteiger partial charge in [0.25, 0.3) is 5.91 Å². The van der Waals surface area contributed by atoms with Gasteiger partial charge in [0.2, 0.25) is 5.95 Å². The minimum absolute atomic E-state index is 0.198. The normalized spacial score (nSPS) is 15.4. The first-order chi connectivity index (χ1) is 14.0. The number of carbonyl (C=O) groups is 1. The van der Waals surface area contributed by atoms with Gasteiger partial charge in [0.1, 0.15) is 21.0 Å². The molecule has 4 heterocycles. The first-order valence-electron chi connectivity index (χ1n) is 9.40. The monoisotopic (exact) mass is 408 g/mol. The number of rotatable bonds is 3. The quantitative estimate of drug-likeness (QED) is 0.474. The molecule has 5 rings (SSSR count). The van der Waals surface area contributed by atoms with Crippen molar-refractivity contribution in [1.82, 2.24) is 9.97 Å². The number of para-hydroxylation sites is 1. The number of hydrogen-bond donors (Lipinski definition) is 3. The van der Waals surface area contributed by atoms with Crippen molar-refractivity contribution in [3.05, 3.63) is 35.2 Å². The molecule has 1 aliphatic rings. The van der Waals surface area contributed by atoms with E-state index >= 15 is 0 Å². The number of amides is 1. The number of carbonyl (C=O) groups excluding carboxylic acids is 1. The molecule has 148 valence electrons. The average molecular weight is 408 g/mol. The molecule has 0 unspecified atom stereocenters. The highest BCUT2D eigenvalue weighted by Crippen LogP contribution is 2.40. The number of hydrogen-bond acceptors (Lipinski definition) is 8. The fourth-order valence-electron chi connectivity index (χ4n) is 3.71. The zero-order chi connectivity index (χ0) is 20.1. The van der Waals surface area contributed by atoms with Gasteiger partial charge in [-0.15, -0.1) is 11.3 Å². The van der Waals surface area contributed by atoms with Gasteiger partial charge >= 0.3 is 0 Å². The van der Waals surface area contributed by atoms with E-state index < -0.39 is 5.91 Å². The summed E-state index contributed by atoms with van der Waals surface area (Å²) in [4.78, 5) is 24.4. The predicted octanol–water partition coefficient (Wildman–Crippen LogP) is 2.71. The lowest BCUT2D eigenvalue weighted by atomic mass is 10.1. The molecular formula is C20H20N6O2S. The van der Waals surface area contributed by atoms with Gasteiger partial charge in [-0.1, -0.05) is 18.2 Å². The summed E-state index contributed by atoms with van der Waals surface area (Å²) in [5.41, 5.74) is 19.4. The van der Waals surface area contributed by atoms with E-state index in [1.54, 1.807) is 0 Å². The lowest BCUT2D eigenvalue weighted by Gasteiger charge is -2.30. The number of aromatic nitrogens is 2. The third-order valence-electron chi connectivity index (χ3n) is 5.28. The van der Waals surface area contributed by atoms with Gasteiger partial charge in [-0.2, -0.15) is 0 Å². The number of thiophene rings is 1. The van der Waals surface area contributed by atoms with Crippen LogP contribution in [0, 0.1) is 0 Å². The summed E-state index contributed by atoms with van der Waals surface area (Å²) in [5, 5.41) is 1.56. The van der Waals surface area contributed by atoms with E-state index in [4.69, 9.17) is 31.6 Å². The van der Waals surface area contributed by atoms with Gasteiger partial charge in [-0.25, -0.2) is 9.97 Å². The summed E-state index contributed by atoms with van der Waals surface area (Å²) in [7, 11) is 0. The van der Waals surface area contributed by atoms with Crippen LogP contribution in [0.2, 0.25) is 0 Å². The topological polar surface area (TPSA) is 137 Å². The van der Waals surface area contributed by atoms with Gasteiger partial charge in [0.15, 0.2) is 5.76 Å². The van der Waals surface area contributed by atoms with Crippen LogP contribution in [0.4, 0.5) is 11.6 Å². The van der Waals surface area contributed by atoms with E-state index in [2.05, 4.69) is 4.90 Å². The minimum atomic E-state index is -0.577. The van der Waals surface area contributed by atoms with Crippen molar-refractivity contribution >= 4 is 50.1 Å². The maximum atomic E-state index is 11.9. The molecule has 29 heavy (non-hydrogen) atoms. The Kier molecular flexibility index (Phi) is 4.14. The number of benzene rings is 1. The Bertz CT molecular complexity index is 1210. The van der Waals surface area contributed by atoms with E-state index in [1.807, 2.05) is 30.3 Å². The molecular weight excluding hydrogens is 388 g/mol. The Morgan fingerprint density at radius 1 is 1.21 bits per heavy atom. The van der Waals surface area contributed by atoms with Crippen LogP contribution in [-0.2, 0) is 0 Å². The standard InChI is InChI=1S/C20H20N6O2S/c21-11-5-7-26(8-6-11)20-24-16(13-9-10-3-1-2-4-12(10)28-13)14-15(22)17(18(23)27)29-19(14)25-20/h1-4,9,11H,5-8,21-22H2,(H2,23,27). The number of piperidine rings is 1. The lowest BCUT2D eigenvalue weighted by Crippen LogP contribution is -2.40. The molecule has 0 saturated carbocycles. The second kappa shape index (κ2) is 6.71. The second-order valence-electron chi connectivity index (χ2n) is 7.23. The van der Waals surface area contributed by atoms with Gasteiger partial charge < -0.3 is 26.5 Å². The Labute approximate surface area is 170 Å². The molecule has 1 saturated heterocycles. The fourth-order valence-corrected chi connectivity index (χ4v) is 4.65. The van der Waals surface area contributed by atoms with Gasteiger partial charge in [-0.3, -0.25) is 4.79 Å². The van der Waals surface area contributed by atoms with E-state index in [9.17, 15) is 4.79 Å². The summed E-state index contributed by atoms with van der Waals surface area (Å²) in [5.74, 6) is 0.581. The molecule has 4 aromatic rings. The van der Waals surface area contributed by atoms with Crippen molar-refractivity contribution in [2.45, 2.75) is 18.9 Å². The SMILES string of the molecule is NC(=O)c1sc2nc(N3CCC(N)CC3)nc(-c3cc4ccccc4o3)c2c1N. The van der Waals surface area contributed by atoms with Crippen molar-refractivity contribution in [2.75, 3.05) is 23.7 Å². The predicted molar refractivity (Wildman–Crippen MR) is 115 cm³/mol. The van der Waals surface area contributed by atoms with Crippen molar-refractivity contribution in [3.63, 3.8) is 0 Å². The van der Waals surface area contributed by atoms with Gasteiger partial charge in [0, 0.05) is 24.5 Å². The summed E-state index contributed by atoms with van der Waals surface area (Å²) in [6.07, 6.45) is 1.75. The lowest BCUT2D eigenvalue weighted by molar-refractivity contribution is 0.100. The fraction of sp³-hybridized carbons (Fsp3) is 0.250. The van der Waals surface area contributed by atoms with Gasteiger partial charge in [-0.05, 0) is 25.0 Å². The Morgan fingerprint density at radius 2 is 1.97 bits per heavy atom. The number of nitrogens with two attached hydrogens (primary N) is 3. The molecule has 0 bridgehead atoms. The number of nitrogen functional groups attached to an aromatic ring is 1. The first kappa shape index (κ1) is 17.9. The van der Waals surface area contributed by atoms with Crippen LogP contribution in [0.15, 0.2) is 34.7 Å². The number of nitrogens with zero attached hydrogens (tertiary/aromatic N) is 3. The molecule has 8 nitrogen and oxygen atoms in total.